The number of rotatable bonds is 5. The molecular weight excluding hydrogens is 378 g/mol. The van der Waals surface area contributed by atoms with Crippen LogP contribution in [-0.4, -0.2) is 72.5 Å². The van der Waals surface area contributed by atoms with E-state index >= 15 is 0 Å². The van der Waals surface area contributed by atoms with Crippen LogP contribution < -0.4 is 9.80 Å². The molecule has 154 valence electrons. The summed E-state index contributed by atoms with van der Waals surface area (Å²) in [6.45, 7) is 7.82. The lowest BCUT2D eigenvalue weighted by atomic mass is 10.2. The number of aromatic nitrogens is 4. The fourth-order valence-electron chi connectivity index (χ4n) is 3.33. The summed E-state index contributed by atoms with van der Waals surface area (Å²) in [6, 6.07) is 1.94. The molecule has 0 N–H and O–H groups in total. The Morgan fingerprint density at radius 3 is 2.25 bits per heavy atom. The van der Waals surface area contributed by atoms with Gasteiger partial charge in [0, 0.05) is 65.5 Å². The molecule has 0 spiro atoms. The number of sulfonamides is 1. The second kappa shape index (κ2) is 7.67. The van der Waals surface area contributed by atoms with E-state index in [1.165, 1.54) is 4.31 Å². The molecule has 0 radical (unpaired) electrons. The van der Waals surface area contributed by atoms with Crippen LogP contribution in [0.1, 0.15) is 31.4 Å². The number of piperazine rings is 1. The van der Waals surface area contributed by atoms with Crippen molar-refractivity contribution in [2.24, 2.45) is 7.05 Å². The molecule has 28 heavy (non-hydrogen) atoms. The molecular formula is C18H29N7O2S. The second-order valence-electron chi connectivity index (χ2n) is 7.62. The molecule has 0 atom stereocenters. The number of aryl methyl sites for hydroxylation is 2. The van der Waals surface area contributed by atoms with E-state index in [0.29, 0.717) is 32.0 Å². The summed E-state index contributed by atoms with van der Waals surface area (Å²) >= 11 is 0. The van der Waals surface area contributed by atoms with E-state index < -0.39 is 10.0 Å². The van der Waals surface area contributed by atoms with Crippen LogP contribution >= 0.6 is 0 Å². The van der Waals surface area contributed by atoms with Gasteiger partial charge in [0.2, 0.25) is 0 Å². The Morgan fingerprint density at radius 2 is 1.71 bits per heavy atom. The van der Waals surface area contributed by atoms with Gasteiger partial charge in [-0.3, -0.25) is 0 Å². The molecule has 3 rings (SSSR count). The third-order valence-electron chi connectivity index (χ3n) is 4.84. The van der Waals surface area contributed by atoms with Gasteiger partial charge in [-0.15, -0.1) is 0 Å². The highest BCUT2D eigenvalue weighted by molar-refractivity contribution is 7.89. The molecule has 0 unspecified atom stereocenters. The molecule has 0 bridgehead atoms. The van der Waals surface area contributed by atoms with Crippen LogP contribution in [0.15, 0.2) is 17.3 Å². The molecule has 10 heteroatoms. The van der Waals surface area contributed by atoms with E-state index in [4.69, 9.17) is 0 Å². The summed E-state index contributed by atoms with van der Waals surface area (Å²) in [5, 5.41) is 0.125. The third kappa shape index (κ3) is 3.97. The van der Waals surface area contributed by atoms with Gasteiger partial charge < -0.3 is 14.4 Å². The van der Waals surface area contributed by atoms with Crippen molar-refractivity contribution in [3.63, 3.8) is 0 Å². The zero-order valence-electron chi connectivity index (χ0n) is 17.4. The monoisotopic (exact) mass is 407 g/mol. The highest BCUT2D eigenvalue weighted by Gasteiger charge is 2.31. The van der Waals surface area contributed by atoms with E-state index in [9.17, 15) is 8.42 Å². The molecule has 2 aromatic heterocycles. The van der Waals surface area contributed by atoms with E-state index in [-0.39, 0.29) is 10.9 Å². The maximum Gasteiger partial charge on any atom is 0.262 e. The average molecular weight is 408 g/mol. The second-order valence-corrected chi connectivity index (χ2v) is 9.50. The third-order valence-corrected chi connectivity index (χ3v) is 6.61. The van der Waals surface area contributed by atoms with Crippen LogP contribution in [0.5, 0.6) is 0 Å². The Labute approximate surface area is 167 Å². The quantitative estimate of drug-likeness (QED) is 0.736. The largest absolute Gasteiger partial charge is 0.363 e. The Balaban J connectivity index is 1.75. The predicted molar refractivity (Wildman–Crippen MR) is 109 cm³/mol. The summed E-state index contributed by atoms with van der Waals surface area (Å²) in [4.78, 5) is 17.4. The van der Waals surface area contributed by atoms with E-state index in [1.807, 2.05) is 52.9 Å². The zero-order valence-corrected chi connectivity index (χ0v) is 18.2. The van der Waals surface area contributed by atoms with Crippen LogP contribution in [0.25, 0.3) is 0 Å². The lowest BCUT2D eigenvalue weighted by molar-refractivity contribution is 0.382. The van der Waals surface area contributed by atoms with Gasteiger partial charge in [-0.2, -0.15) is 4.31 Å². The first-order valence-corrected chi connectivity index (χ1v) is 10.8. The van der Waals surface area contributed by atoms with Crippen molar-refractivity contribution in [2.75, 3.05) is 50.1 Å². The topological polar surface area (TPSA) is 87.5 Å². The molecule has 0 aromatic carbocycles. The predicted octanol–water partition coefficient (Wildman–Crippen LogP) is 1.22. The lowest BCUT2D eigenvalue weighted by Crippen LogP contribution is -2.49. The van der Waals surface area contributed by atoms with Crippen molar-refractivity contribution < 1.29 is 8.42 Å². The highest BCUT2D eigenvalue weighted by Crippen LogP contribution is 2.23. The van der Waals surface area contributed by atoms with E-state index in [2.05, 4.69) is 19.9 Å². The van der Waals surface area contributed by atoms with Gasteiger partial charge in [0.05, 0.1) is 0 Å². The maximum absolute atomic E-state index is 13.0. The molecule has 2 aromatic rings. The van der Waals surface area contributed by atoms with Gasteiger partial charge >= 0.3 is 0 Å². The summed E-state index contributed by atoms with van der Waals surface area (Å²) in [5.41, 5.74) is 0. The number of nitrogens with zero attached hydrogens (tertiary/aromatic N) is 7. The minimum atomic E-state index is -3.60. The number of imidazole rings is 1. The van der Waals surface area contributed by atoms with Gasteiger partial charge in [0.1, 0.15) is 23.3 Å². The van der Waals surface area contributed by atoms with Gasteiger partial charge in [0.15, 0.2) is 5.03 Å². The van der Waals surface area contributed by atoms with Crippen molar-refractivity contribution in [1.82, 2.24) is 23.8 Å². The summed E-state index contributed by atoms with van der Waals surface area (Å²) in [7, 11) is 2.11. The zero-order chi connectivity index (χ0) is 20.6. The van der Waals surface area contributed by atoms with Crippen LogP contribution in [0.2, 0.25) is 0 Å². The molecule has 1 aliphatic heterocycles. The van der Waals surface area contributed by atoms with Crippen molar-refractivity contribution in [2.45, 2.75) is 31.7 Å². The minimum absolute atomic E-state index is 0.125. The maximum atomic E-state index is 13.0. The van der Waals surface area contributed by atoms with Crippen molar-refractivity contribution in [3.05, 3.63) is 23.9 Å². The SMILES string of the molecule is Cc1nc(N(C)C)cc(N2CCN(S(=O)(=O)c3cn(C)c(C(C)C)n3)CC2)n1. The van der Waals surface area contributed by atoms with Crippen LogP contribution in [0.3, 0.4) is 0 Å². The molecule has 1 saturated heterocycles. The minimum Gasteiger partial charge on any atom is -0.363 e. The van der Waals surface area contributed by atoms with Crippen LogP contribution in [0.4, 0.5) is 11.6 Å². The number of hydrogen-bond donors (Lipinski definition) is 0. The molecule has 0 aliphatic carbocycles. The molecule has 3 heterocycles. The Morgan fingerprint density at radius 1 is 1.07 bits per heavy atom. The molecule has 0 saturated carbocycles. The van der Waals surface area contributed by atoms with Gasteiger partial charge in [0.25, 0.3) is 10.0 Å². The summed E-state index contributed by atoms with van der Waals surface area (Å²) in [6.07, 6.45) is 1.61. The fourth-order valence-corrected chi connectivity index (χ4v) is 4.74. The lowest BCUT2D eigenvalue weighted by Gasteiger charge is -2.34. The molecule has 0 amide bonds. The fraction of sp³-hybridized carbons (Fsp3) is 0.611. The van der Waals surface area contributed by atoms with Crippen LogP contribution in [-0.2, 0) is 17.1 Å². The standard InChI is InChI=1S/C18H29N7O2S/c1-13(2)18-21-17(12-23(18)6)28(26,27)25-9-7-24(8-10-25)16-11-15(22(4)5)19-14(3)20-16/h11-13H,7-10H2,1-6H3. The average Bonchev–Trinajstić information content (AvgIpc) is 3.04. The highest BCUT2D eigenvalue weighted by atomic mass is 32.2. The van der Waals surface area contributed by atoms with Crippen molar-refractivity contribution >= 4 is 21.7 Å². The summed E-state index contributed by atoms with van der Waals surface area (Å²) in [5.74, 6) is 3.30. The van der Waals surface area contributed by atoms with Gasteiger partial charge in [-0.25, -0.2) is 23.4 Å². The Bertz CT molecular complexity index is 945. The van der Waals surface area contributed by atoms with E-state index in [0.717, 1.165) is 17.5 Å². The van der Waals surface area contributed by atoms with E-state index in [1.54, 1.807) is 10.8 Å². The summed E-state index contributed by atoms with van der Waals surface area (Å²) < 4.78 is 29.3. The molecule has 1 aliphatic rings. The van der Waals surface area contributed by atoms with Crippen molar-refractivity contribution in [3.8, 4) is 0 Å². The first kappa shape index (κ1) is 20.5. The normalized spacial score (nSPS) is 16.0. The molecule has 9 nitrogen and oxygen atoms in total. The Kier molecular flexibility index (Phi) is 5.62. The smallest absolute Gasteiger partial charge is 0.262 e. The number of hydrogen-bond acceptors (Lipinski definition) is 7. The van der Waals surface area contributed by atoms with Gasteiger partial charge in [-0.1, -0.05) is 13.8 Å². The molecule has 1 fully saturated rings. The first-order chi connectivity index (χ1) is 13.1. The number of anilines is 2. The first-order valence-electron chi connectivity index (χ1n) is 9.41. The van der Waals surface area contributed by atoms with Crippen molar-refractivity contribution in [1.29, 1.82) is 0 Å². The van der Waals surface area contributed by atoms with Gasteiger partial charge in [-0.05, 0) is 6.92 Å². The Hall–Kier alpha value is -2.20. The van der Waals surface area contributed by atoms with Crippen LogP contribution in [0, 0.1) is 6.92 Å².